The molecule has 0 saturated heterocycles. The molecule has 0 heterocycles. The lowest BCUT2D eigenvalue weighted by molar-refractivity contribution is 0.113. The highest BCUT2D eigenvalue weighted by Crippen LogP contribution is 2.14. The number of rotatable bonds is 6. The number of thioether (sulfide) groups is 1. The van der Waals surface area contributed by atoms with E-state index in [-0.39, 0.29) is 17.7 Å². The van der Waals surface area contributed by atoms with E-state index in [0.29, 0.717) is 12.2 Å². The first-order valence-corrected chi connectivity index (χ1v) is 5.02. The van der Waals surface area contributed by atoms with Crippen LogP contribution in [0.25, 0.3) is 0 Å². The van der Waals surface area contributed by atoms with Crippen LogP contribution in [0.1, 0.15) is 13.3 Å². The van der Waals surface area contributed by atoms with Crippen molar-refractivity contribution >= 4 is 17.6 Å². The van der Waals surface area contributed by atoms with E-state index in [1.54, 1.807) is 0 Å². The van der Waals surface area contributed by atoms with Crippen LogP contribution in [0.2, 0.25) is 0 Å². The minimum Gasteiger partial charge on any atom is -0.409 e. The lowest BCUT2D eigenvalue weighted by Crippen LogP contribution is -2.20. The van der Waals surface area contributed by atoms with E-state index in [1.165, 1.54) is 11.8 Å². The monoisotopic (exact) mass is 208 g/mol. The summed E-state index contributed by atoms with van der Waals surface area (Å²) in [4.78, 5) is 0. The molecule has 2 unspecified atom stereocenters. The largest absolute Gasteiger partial charge is 0.409 e. The minimum absolute atomic E-state index is 0.164. The highest BCUT2D eigenvalue weighted by molar-refractivity contribution is 7.99. The molecule has 0 aromatic rings. The Labute approximate surface area is 81.6 Å². The number of nitrogens with two attached hydrogens (primary N) is 1. The summed E-state index contributed by atoms with van der Waals surface area (Å²) in [6, 6.07) is 0. The third-order valence-corrected chi connectivity index (χ3v) is 2.72. The molecule has 0 aliphatic rings. The van der Waals surface area contributed by atoms with Gasteiger partial charge in [0.15, 0.2) is 0 Å². The van der Waals surface area contributed by atoms with Crippen molar-refractivity contribution < 1.29 is 15.4 Å². The van der Waals surface area contributed by atoms with Gasteiger partial charge in [0.25, 0.3) is 0 Å². The Kier molecular flexibility index (Phi) is 6.75. The number of hydrogen-bond acceptors (Lipinski definition) is 5. The van der Waals surface area contributed by atoms with E-state index < -0.39 is 6.10 Å². The maximum absolute atomic E-state index is 9.02. The Morgan fingerprint density at radius 2 is 2.23 bits per heavy atom. The van der Waals surface area contributed by atoms with Gasteiger partial charge in [0.05, 0.1) is 12.7 Å². The predicted octanol–water partition coefficient (Wildman–Crippen LogP) is -0.402. The summed E-state index contributed by atoms with van der Waals surface area (Å²) in [5.74, 6) is 0.634. The number of aliphatic hydroxyl groups is 2. The topological polar surface area (TPSA) is 99.1 Å². The molecule has 0 radical (unpaired) electrons. The zero-order valence-electron chi connectivity index (χ0n) is 7.55. The van der Waals surface area contributed by atoms with Crippen LogP contribution >= 0.6 is 11.8 Å². The van der Waals surface area contributed by atoms with Gasteiger partial charge in [0, 0.05) is 17.4 Å². The van der Waals surface area contributed by atoms with Crippen LogP contribution in [0.3, 0.4) is 0 Å². The molecule has 0 aliphatic heterocycles. The Hall–Kier alpha value is -0.460. The van der Waals surface area contributed by atoms with Crippen LogP contribution in [0.5, 0.6) is 0 Å². The summed E-state index contributed by atoms with van der Waals surface area (Å²) in [5, 5.41) is 28.8. The van der Waals surface area contributed by atoms with Gasteiger partial charge < -0.3 is 21.2 Å². The van der Waals surface area contributed by atoms with E-state index in [4.69, 9.17) is 21.2 Å². The van der Waals surface area contributed by atoms with Crippen LogP contribution in [0.15, 0.2) is 5.16 Å². The molecule has 0 aliphatic carbocycles. The third kappa shape index (κ3) is 6.68. The third-order valence-electron chi connectivity index (χ3n) is 1.41. The number of hydrogen-bond donors (Lipinski definition) is 4. The summed E-state index contributed by atoms with van der Waals surface area (Å²) in [6.45, 7) is 1.68. The number of aliphatic hydroxyl groups excluding tert-OH is 2. The maximum Gasteiger partial charge on any atom is 0.140 e. The fourth-order valence-electron chi connectivity index (χ4n) is 0.722. The zero-order valence-corrected chi connectivity index (χ0v) is 8.37. The molecule has 0 rings (SSSR count). The molecule has 0 spiro atoms. The fraction of sp³-hybridized carbons (Fsp3) is 0.857. The van der Waals surface area contributed by atoms with Gasteiger partial charge in [-0.05, 0) is 0 Å². The molecule has 0 bridgehead atoms. The van der Waals surface area contributed by atoms with Crippen molar-refractivity contribution in [2.75, 3.05) is 12.4 Å². The summed E-state index contributed by atoms with van der Waals surface area (Å²) >= 11 is 1.47. The van der Waals surface area contributed by atoms with E-state index in [2.05, 4.69) is 5.16 Å². The Balaban J connectivity index is 3.57. The minimum atomic E-state index is -0.695. The molecular formula is C7H16N2O3S. The Morgan fingerprint density at radius 3 is 2.69 bits per heavy atom. The average Bonchev–Trinajstić information content (AvgIpc) is 2.13. The van der Waals surface area contributed by atoms with Crippen LogP contribution in [-0.2, 0) is 0 Å². The normalized spacial score (nSPS) is 17.0. The van der Waals surface area contributed by atoms with Crippen molar-refractivity contribution in [1.82, 2.24) is 0 Å². The van der Waals surface area contributed by atoms with Gasteiger partial charge in [-0.2, -0.15) is 11.8 Å². The predicted molar refractivity (Wildman–Crippen MR) is 53.0 cm³/mol. The smallest absolute Gasteiger partial charge is 0.140 e. The highest BCUT2D eigenvalue weighted by Gasteiger charge is 2.08. The van der Waals surface area contributed by atoms with E-state index in [0.717, 1.165) is 0 Å². The molecule has 0 saturated carbocycles. The second-order valence-electron chi connectivity index (χ2n) is 2.78. The standard InChI is InChI=1S/C7H16N2O3S/c1-5(2-7(8)9-12)13-4-6(11)3-10/h5-6,10-12H,2-4H2,1H3,(H2,8,9). The van der Waals surface area contributed by atoms with Gasteiger partial charge in [-0.25, -0.2) is 0 Å². The molecule has 5 nitrogen and oxygen atoms in total. The van der Waals surface area contributed by atoms with Gasteiger partial charge in [-0.1, -0.05) is 12.1 Å². The summed E-state index contributed by atoms with van der Waals surface area (Å²) in [5.41, 5.74) is 5.29. The molecule has 0 amide bonds. The molecule has 0 aromatic heterocycles. The van der Waals surface area contributed by atoms with Gasteiger partial charge >= 0.3 is 0 Å². The van der Waals surface area contributed by atoms with E-state index in [9.17, 15) is 0 Å². The van der Waals surface area contributed by atoms with Crippen molar-refractivity contribution in [3.8, 4) is 0 Å². The van der Waals surface area contributed by atoms with Crippen molar-refractivity contribution in [2.24, 2.45) is 10.9 Å². The van der Waals surface area contributed by atoms with Gasteiger partial charge in [-0.3, -0.25) is 0 Å². The number of amidine groups is 1. The van der Waals surface area contributed by atoms with Gasteiger partial charge in [-0.15, -0.1) is 0 Å². The van der Waals surface area contributed by atoms with E-state index >= 15 is 0 Å². The van der Waals surface area contributed by atoms with Crippen molar-refractivity contribution in [2.45, 2.75) is 24.7 Å². The zero-order chi connectivity index (χ0) is 10.3. The van der Waals surface area contributed by atoms with Gasteiger partial charge in [0.2, 0.25) is 0 Å². The molecule has 6 heteroatoms. The van der Waals surface area contributed by atoms with Crippen molar-refractivity contribution in [3.05, 3.63) is 0 Å². The van der Waals surface area contributed by atoms with Crippen LogP contribution in [-0.4, -0.2) is 45.0 Å². The summed E-state index contributed by atoms with van der Waals surface area (Å²) in [6.07, 6.45) is -0.223. The summed E-state index contributed by atoms with van der Waals surface area (Å²) in [7, 11) is 0. The SMILES string of the molecule is CC(CC(N)=NO)SCC(O)CO. The maximum atomic E-state index is 9.02. The van der Waals surface area contributed by atoms with Gasteiger partial charge in [0.1, 0.15) is 5.84 Å². The lowest BCUT2D eigenvalue weighted by Gasteiger charge is -2.12. The Morgan fingerprint density at radius 1 is 1.62 bits per heavy atom. The first-order chi connectivity index (χ1) is 6.10. The van der Waals surface area contributed by atoms with E-state index in [1.807, 2.05) is 6.92 Å². The summed E-state index contributed by atoms with van der Waals surface area (Å²) < 4.78 is 0. The number of nitrogens with zero attached hydrogens (tertiary/aromatic N) is 1. The highest BCUT2D eigenvalue weighted by atomic mass is 32.2. The molecular weight excluding hydrogens is 192 g/mol. The average molecular weight is 208 g/mol. The second kappa shape index (κ2) is 6.99. The van der Waals surface area contributed by atoms with Crippen LogP contribution < -0.4 is 5.73 Å². The molecule has 78 valence electrons. The molecule has 0 aromatic carbocycles. The van der Waals surface area contributed by atoms with Crippen LogP contribution in [0, 0.1) is 0 Å². The first kappa shape index (κ1) is 12.5. The molecule has 13 heavy (non-hydrogen) atoms. The molecule has 5 N–H and O–H groups in total. The van der Waals surface area contributed by atoms with Crippen LogP contribution in [0.4, 0.5) is 0 Å². The Bertz CT molecular complexity index is 166. The second-order valence-corrected chi connectivity index (χ2v) is 4.25. The van der Waals surface area contributed by atoms with Crippen molar-refractivity contribution in [1.29, 1.82) is 0 Å². The molecule has 0 fully saturated rings. The quantitative estimate of drug-likeness (QED) is 0.206. The first-order valence-electron chi connectivity index (χ1n) is 3.97. The lowest BCUT2D eigenvalue weighted by atomic mass is 10.3. The number of oxime groups is 1. The van der Waals surface area contributed by atoms with Crippen molar-refractivity contribution in [3.63, 3.8) is 0 Å². The fourth-order valence-corrected chi connectivity index (χ4v) is 1.67. The molecule has 2 atom stereocenters.